The molecule has 0 aliphatic rings. The molecule has 0 saturated heterocycles. The van der Waals surface area contributed by atoms with E-state index >= 15 is 0 Å². The minimum absolute atomic E-state index is 0. The van der Waals surface area contributed by atoms with Crippen LogP contribution in [0.25, 0.3) is 5.73 Å². The quantitative estimate of drug-likeness (QED) is 0.593. The van der Waals surface area contributed by atoms with Gasteiger partial charge in [0.1, 0.15) is 0 Å². The molecule has 0 bridgehead atoms. The minimum Gasteiger partial charge on any atom is -0.677 e. The zero-order valence-electron chi connectivity index (χ0n) is 4.12. The Morgan fingerprint density at radius 1 is 1.50 bits per heavy atom. The molecule has 0 radical (unpaired) electrons. The van der Waals surface area contributed by atoms with Gasteiger partial charge in [-0.1, -0.05) is 19.8 Å². The second-order valence-corrected chi connectivity index (χ2v) is 1.10. The summed E-state index contributed by atoms with van der Waals surface area (Å²) < 4.78 is 0. The van der Waals surface area contributed by atoms with Crippen LogP contribution in [0.15, 0.2) is 0 Å². The summed E-state index contributed by atoms with van der Waals surface area (Å²) in [7, 11) is 0. The van der Waals surface area contributed by atoms with Crippen LogP contribution < -0.4 is 0 Å². The van der Waals surface area contributed by atoms with E-state index in [-0.39, 0.29) is 26.2 Å². The van der Waals surface area contributed by atoms with Crippen LogP contribution in [0, 0.1) is 0 Å². The van der Waals surface area contributed by atoms with Gasteiger partial charge < -0.3 is 5.73 Å². The van der Waals surface area contributed by atoms with Crippen LogP contribution in [0.1, 0.15) is 19.8 Å². The molecule has 0 spiro atoms. The van der Waals surface area contributed by atoms with Crippen molar-refractivity contribution >= 4 is 0 Å². The molecular weight excluding hydrogens is 153 g/mol. The Labute approximate surface area is 58.4 Å². The summed E-state index contributed by atoms with van der Waals surface area (Å²) in [5, 5.41) is 0. The molecule has 0 fully saturated rings. The van der Waals surface area contributed by atoms with E-state index in [9.17, 15) is 0 Å². The third kappa shape index (κ3) is 8.85. The maximum absolute atomic E-state index is 6.60. The monoisotopic (exact) mass is 162 g/mol. The molecule has 0 unspecified atom stereocenters. The molecule has 0 rings (SSSR count). The fraction of sp³-hybridized carbons (Fsp3) is 1.00. The Morgan fingerprint density at radius 2 is 2.00 bits per heavy atom. The average Bonchev–Trinajstić information content (AvgIpc) is 1.41. The average molecular weight is 163 g/mol. The number of hydrogen-bond acceptors (Lipinski definition) is 0. The van der Waals surface area contributed by atoms with E-state index in [1.54, 1.807) is 0 Å². The van der Waals surface area contributed by atoms with Crippen LogP contribution in [0.5, 0.6) is 0 Å². The SMILES string of the molecule is CCCC[NH-].[Zr]. The maximum Gasteiger partial charge on any atom is 0 e. The van der Waals surface area contributed by atoms with E-state index in [1.165, 1.54) is 0 Å². The van der Waals surface area contributed by atoms with Crippen molar-refractivity contribution in [2.24, 2.45) is 0 Å². The molecule has 0 aliphatic heterocycles. The van der Waals surface area contributed by atoms with Crippen molar-refractivity contribution in [2.45, 2.75) is 19.8 Å². The van der Waals surface area contributed by atoms with Gasteiger partial charge in [-0.05, 0) is 0 Å². The summed E-state index contributed by atoms with van der Waals surface area (Å²) in [6.07, 6.45) is 2.21. The minimum atomic E-state index is 0. The van der Waals surface area contributed by atoms with Gasteiger partial charge in [0.2, 0.25) is 0 Å². The second kappa shape index (κ2) is 9.28. The molecular formula is C4H10NZr-. The standard InChI is InChI=1S/C4H10N.Zr/c1-2-3-4-5;/h5H,2-4H2,1H3;/q-1;. The third-order valence-electron chi connectivity index (χ3n) is 0.530. The van der Waals surface area contributed by atoms with Crippen LogP contribution in [-0.2, 0) is 26.2 Å². The molecule has 1 nitrogen and oxygen atoms in total. The Balaban J connectivity index is 0. The molecule has 36 valence electrons. The molecule has 0 aromatic carbocycles. The molecule has 0 saturated carbocycles. The molecule has 0 heterocycles. The topological polar surface area (TPSA) is 23.8 Å². The van der Waals surface area contributed by atoms with E-state index in [2.05, 4.69) is 6.92 Å². The van der Waals surface area contributed by atoms with Crippen molar-refractivity contribution in [3.63, 3.8) is 0 Å². The zero-order valence-corrected chi connectivity index (χ0v) is 6.58. The van der Waals surface area contributed by atoms with E-state index < -0.39 is 0 Å². The number of unbranched alkanes of at least 4 members (excludes halogenated alkanes) is 1. The molecule has 1 N–H and O–H groups in total. The molecule has 6 heavy (non-hydrogen) atoms. The Bertz CT molecular complexity index is 15.0. The van der Waals surface area contributed by atoms with Gasteiger partial charge in [-0.25, -0.2) is 0 Å². The molecule has 0 amide bonds. The molecule has 0 aromatic rings. The first-order valence-electron chi connectivity index (χ1n) is 2.06. The first-order valence-corrected chi connectivity index (χ1v) is 2.06. The van der Waals surface area contributed by atoms with Crippen LogP contribution in [0.4, 0.5) is 0 Å². The smallest absolute Gasteiger partial charge is 0 e. The molecule has 2 heteroatoms. The number of nitrogens with one attached hydrogen (secondary N) is 1. The number of hydrogen-bond donors (Lipinski definition) is 0. The van der Waals surface area contributed by atoms with Gasteiger partial charge in [0.25, 0.3) is 0 Å². The maximum atomic E-state index is 6.60. The van der Waals surface area contributed by atoms with Gasteiger partial charge in [0.05, 0.1) is 0 Å². The Kier molecular flexibility index (Phi) is 15.4. The summed E-state index contributed by atoms with van der Waals surface area (Å²) in [5.41, 5.74) is 6.60. The van der Waals surface area contributed by atoms with Crippen LogP contribution in [0.3, 0.4) is 0 Å². The van der Waals surface area contributed by atoms with Gasteiger partial charge in [-0.2, -0.15) is 6.54 Å². The summed E-state index contributed by atoms with van der Waals surface area (Å²) in [6, 6.07) is 0. The first-order chi connectivity index (χ1) is 2.41. The van der Waals surface area contributed by atoms with E-state index in [1.807, 2.05) is 0 Å². The van der Waals surface area contributed by atoms with Crippen LogP contribution in [0.2, 0.25) is 0 Å². The molecule has 0 atom stereocenters. The van der Waals surface area contributed by atoms with E-state index in [4.69, 9.17) is 5.73 Å². The summed E-state index contributed by atoms with van der Waals surface area (Å²) in [5.74, 6) is 0. The summed E-state index contributed by atoms with van der Waals surface area (Å²) in [6.45, 7) is 2.69. The van der Waals surface area contributed by atoms with Crippen molar-refractivity contribution in [1.82, 2.24) is 0 Å². The van der Waals surface area contributed by atoms with Crippen LogP contribution >= 0.6 is 0 Å². The normalized spacial score (nSPS) is 7.00. The molecule has 0 aliphatic carbocycles. The van der Waals surface area contributed by atoms with Crippen molar-refractivity contribution in [2.75, 3.05) is 6.54 Å². The Morgan fingerprint density at radius 3 is 2.00 bits per heavy atom. The van der Waals surface area contributed by atoms with Gasteiger partial charge in [0, 0.05) is 26.2 Å². The van der Waals surface area contributed by atoms with Crippen molar-refractivity contribution in [3.8, 4) is 0 Å². The van der Waals surface area contributed by atoms with E-state index in [0.29, 0.717) is 6.54 Å². The second-order valence-electron chi connectivity index (χ2n) is 1.10. The number of rotatable bonds is 2. The Hall–Kier alpha value is 0.843. The van der Waals surface area contributed by atoms with Crippen LogP contribution in [-0.4, -0.2) is 6.54 Å². The predicted molar refractivity (Wildman–Crippen MR) is 24.1 cm³/mol. The first kappa shape index (κ1) is 9.96. The van der Waals surface area contributed by atoms with E-state index in [0.717, 1.165) is 12.8 Å². The predicted octanol–water partition coefficient (Wildman–Crippen LogP) is 1.84. The largest absolute Gasteiger partial charge is 0.677 e. The van der Waals surface area contributed by atoms with Crippen molar-refractivity contribution in [3.05, 3.63) is 5.73 Å². The van der Waals surface area contributed by atoms with Gasteiger partial charge in [-0.3, -0.25) is 0 Å². The fourth-order valence-corrected chi connectivity index (χ4v) is 0.177. The third-order valence-corrected chi connectivity index (χ3v) is 0.530. The molecule has 0 aromatic heterocycles. The summed E-state index contributed by atoms with van der Waals surface area (Å²) in [4.78, 5) is 0. The zero-order chi connectivity index (χ0) is 4.12. The van der Waals surface area contributed by atoms with Crippen molar-refractivity contribution in [1.29, 1.82) is 0 Å². The van der Waals surface area contributed by atoms with Gasteiger partial charge >= 0.3 is 0 Å². The fourth-order valence-electron chi connectivity index (χ4n) is 0.177. The van der Waals surface area contributed by atoms with Gasteiger partial charge in [0.15, 0.2) is 0 Å². The summed E-state index contributed by atoms with van der Waals surface area (Å²) >= 11 is 0. The van der Waals surface area contributed by atoms with Gasteiger partial charge in [-0.15, -0.1) is 0 Å². The van der Waals surface area contributed by atoms with Crippen molar-refractivity contribution < 1.29 is 26.2 Å².